The molecule has 0 amide bonds. The van der Waals surface area contributed by atoms with Crippen LogP contribution in [0.25, 0.3) is 5.76 Å². The summed E-state index contributed by atoms with van der Waals surface area (Å²) < 4.78 is 15.4. The highest BCUT2D eigenvalue weighted by Gasteiger charge is 2.71. The molecule has 14 nitrogen and oxygen atoms in total. The van der Waals surface area contributed by atoms with Gasteiger partial charge in [-0.25, -0.2) is 9.59 Å². The molecule has 0 spiro atoms. The van der Waals surface area contributed by atoms with Gasteiger partial charge in [0.25, 0.3) is 0 Å². The summed E-state index contributed by atoms with van der Waals surface area (Å²) in [5.41, 5.74) is -11.9. The number of Topliss-reactive ketones (excluding diaryl/α,β-unsaturated/α-hetero) is 2. The molecule has 7 N–H and O–H groups in total. The molecule has 0 bridgehead atoms. The molecule has 2 aromatic rings. The minimum absolute atomic E-state index is 0.0713. The Morgan fingerprint density at radius 3 is 2.12 bits per heavy atom. The van der Waals surface area contributed by atoms with Crippen molar-refractivity contribution in [3.8, 4) is 23.0 Å². The number of carbonyl (C=O) groups is 4. The molecular weight excluding hydrogens is 548 g/mol. The van der Waals surface area contributed by atoms with Crippen molar-refractivity contribution in [2.75, 3.05) is 7.11 Å². The van der Waals surface area contributed by atoms with Crippen LogP contribution < -0.4 is 14.2 Å². The monoisotopic (exact) mass is 570 g/mol. The lowest BCUT2D eigenvalue weighted by Crippen LogP contribution is -2.72. The van der Waals surface area contributed by atoms with Crippen molar-refractivity contribution in [1.29, 1.82) is 0 Å². The van der Waals surface area contributed by atoms with Gasteiger partial charge in [0.15, 0.2) is 11.5 Å². The second-order valence-electron chi connectivity index (χ2n) is 9.87. The number of benzene rings is 2. The number of carboxylic acids is 1. The first-order chi connectivity index (χ1) is 19.2. The average molecular weight is 570 g/mol. The van der Waals surface area contributed by atoms with Gasteiger partial charge in [-0.2, -0.15) is 0 Å². The van der Waals surface area contributed by atoms with Crippen LogP contribution in [0.4, 0.5) is 4.79 Å². The minimum atomic E-state index is -3.44. The van der Waals surface area contributed by atoms with Crippen LogP contribution in [0.15, 0.2) is 53.3 Å². The third-order valence-corrected chi connectivity index (χ3v) is 7.45. The van der Waals surface area contributed by atoms with Crippen molar-refractivity contribution in [1.82, 2.24) is 0 Å². The van der Waals surface area contributed by atoms with Gasteiger partial charge < -0.3 is 50.0 Å². The molecule has 0 aliphatic heterocycles. The van der Waals surface area contributed by atoms with E-state index in [-0.39, 0.29) is 17.1 Å². The van der Waals surface area contributed by atoms with Crippen molar-refractivity contribution in [2.45, 2.75) is 36.1 Å². The van der Waals surface area contributed by atoms with Crippen LogP contribution in [0.2, 0.25) is 0 Å². The average Bonchev–Trinajstić information content (AvgIpc) is 2.88. The molecule has 3 aliphatic carbocycles. The lowest BCUT2D eigenvalue weighted by Gasteiger charge is -2.53. The highest BCUT2D eigenvalue weighted by Crippen LogP contribution is 2.56. The molecule has 41 heavy (non-hydrogen) atoms. The number of fused-ring (bicyclic) bond motifs is 3. The Kier molecular flexibility index (Phi) is 6.10. The first kappa shape index (κ1) is 27.6. The fourth-order valence-electron chi connectivity index (χ4n) is 5.61. The second kappa shape index (κ2) is 9.05. The number of aromatic hydroxyl groups is 1. The standard InChI is InChI=1S/C27H22O14/c1-39-11-2-4-12(5-3-11)40-24(35)41-16-7-6-14(28)17-13(16)8-25(36)10-26(37)9-15(29)18(23(33)34)21(31)27(26,38)22(32)19(25)20(17)30/h2-7,28,30-31,36-38H,8-10H2,1H3,(H,33,34)/t25-,26+,27-/m0/s1. The summed E-state index contributed by atoms with van der Waals surface area (Å²) >= 11 is 0. The molecule has 0 aromatic heterocycles. The summed E-state index contributed by atoms with van der Waals surface area (Å²) in [5.74, 6) is -8.19. The predicted octanol–water partition coefficient (Wildman–Crippen LogP) is 0.839. The maximum Gasteiger partial charge on any atom is 0.519 e. The van der Waals surface area contributed by atoms with Gasteiger partial charge >= 0.3 is 12.1 Å². The van der Waals surface area contributed by atoms with E-state index in [0.717, 1.165) is 12.1 Å². The number of rotatable bonds is 4. The number of methoxy groups -OCH3 is 1. The smallest absolute Gasteiger partial charge is 0.508 e. The molecule has 3 aliphatic rings. The SMILES string of the molecule is COc1ccc(OC(=O)Oc2ccc(O)c3c2C[C@]2(O)C[C@]4(O)CC(=O)C(C(=O)O)=C(O)[C@]4(O)C(=O)C2=C3O)cc1. The molecule has 3 atom stereocenters. The predicted molar refractivity (Wildman–Crippen MR) is 132 cm³/mol. The molecule has 14 heteroatoms. The molecule has 2 aromatic carbocycles. The van der Waals surface area contributed by atoms with Crippen LogP contribution in [0.1, 0.15) is 24.0 Å². The fraction of sp³-hybridized carbons (Fsp3) is 0.259. The normalized spacial score (nSPS) is 27.0. The van der Waals surface area contributed by atoms with Gasteiger partial charge in [-0.3, -0.25) is 9.59 Å². The molecule has 1 fully saturated rings. The number of phenolic OH excluding ortho intramolecular Hbond substituents is 1. The van der Waals surface area contributed by atoms with Crippen LogP contribution in [0.3, 0.4) is 0 Å². The third-order valence-electron chi connectivity index (χ3n) is 7.45. The van der Waals surface area contributed by atoms with Crippen LogP contribution >= 0.6 is 0 Å². The fourth-order valence-corrected chi connectivity index (χ4v) is 5.61. The lowest BCUT2D eigenvalue weighted by atomic mass is 9.55. The van der Waals surface area contributed by atoms with E-state index >= 15 is 0 Å². The Morgan fingerprint density at radius 2 is 1.51 bits per heavy atom. The van der Waals surface area contributed by atoms with E-state index in [2.05, 4.69) is 0 Å². The van der Waals surface area contributed by atoms with Gasteiger partial charge in [-0.15, -0.1) is 0 Å². The van der Waals surface area contributed by atoms with E-state index in [9.17, 15) is 54.9 Å². The number of aliphatic hydroxyl groups is 5. The minimum Gasteiger partial charge on any atom is -0.508 e. The first-order valence-corrected chi connectivity index (χ1v) is 11.9. The van der Waals surface area contributed by atoms with Crippen LogP contribution in [-0.2, 0) is 20.8 Å². The molecule has 214 valence electrons. The molecule has 5 rings (SSSR count). The second-order valence-corrected chi connectivity index (χ2v) is 9.87. The highest BCUT2D eigenvalue weighted by molar-refractivity contribution is 6.22. The van der Waals surface area contributed by atoms with Gasteiger partial charge in [0.1, 0.15) is 45.5 Å². The topological polar surface area (TPSA) is 238 Å². The van der Waals surface area contributed by atoms with Crippen LogP contribution in [0, 0.1) is 0 Å². The van der Waals surface area contributed by atoms with Gasteiger partial charge in [0.2, 0.25) is 11.4 Å². The first-order valence-electron chi connectivity index (χ1n) is 11.9. The Bertz CT molecular complexity index is 1600. The molecule has 0 saturated heterocycles. The maximum absolute atomic E-state index is 13.6. The van der Waals surface area contributed by atoms with E-state index in [1.807, 2.05) is 0 Å². The van der Waals surface area contributed by atoms with Gasteiger partial charge in [-0.1, -0.05) is 0 Å². The third kappa shape index (κ3) is 3.91. The van der Waals surface area contributed by atoms with Crippen molar-refractivity contribution < 1.29 is 69.1 Å². The molecule has 0 heterocycles. The molecule has 1 saturated carbocycles. The highest BCUT2D eigenvalue weighted by atomic mass is 16.7. The molecule has 0 radical (unpaired) electrons. The number of hydrogen-bond acceptors (Lipinski definition) is 13. The Balaban J connectivity index is 1.58. The summed E-state index contributed by atoms with van der Waals surface area (Å²) in [6.45, 7) is 0. The van der Waals surface area contributed by atoms with Crippen LogP contribution in [0.5, 0.6) is 23.0 Å². The Labute approximate surface area is 229 Å². The quantitative estimate of drug-likeness (QED) is 0.153. The van der Waals surface area contributed by atoms with E-state index in [1.54, 1.807) is 0 Å². The van der Waals surface area contributed by atoms with E-state index in [4.69, 9.17) is 14.2 Å². The summed E-state index contributed by atoms with van der Waals surface area (Å²) in [6, 6.07) is 7.96. The van der Waals surface area contributed by atoms with Crippen molar-refractivity contribution in [3.05, 3.63) is 64.4 Å². The summed E-state index contributed by atoms with van der Waals surface area (Å²) in [5, 5.41) is 75.5. The summed E-state index contributed by atoms with van der Waals surface area (Å²) in [4.78, 5) is 50.1. The van der Waals surface area contributed by atoms with Gasteiger partial charge in [0, 0.05) is 24.8 Å². The summed E-state index contributed by atoms with van der Waals surface area (Å²) in [7, 11) is 1.44. The van der Waals surface area contributed by atoms with E-state index < -0.39 is 93.7 Å². The summed E-state index contributed by atoms with van der Waals surface area (Å²) in [6.07, 6.45) is -4.21. The Morgan fingerprint density at radius 1 is 0.878 bits per heavy atom. The number of aliphatic carboxylic acids is 1. The van der Waals surface area contributed by atoms with Crippen molar-refractivity contribution >= 4 is 29.5 Å². The number of aliphatic hydroxyl groups excluding tert-OH is 2. The largest absolute Gasteiger partial charge is 0.519 e. The zero-order chi connectivity index (χ0) is 30.1. The number of carboxylic acid groups (broad SMARTS) is 1. The number of ketones is 2. The maximum atomic E-state index is 13.6. The molecule has 0 unspecified atom stereocenters. The number of hydrogen-bond donors (Lipinski definition) is 7. The van der Waals surface area contributed by atoms with Crippen LogP contribution in [-0.4, -0.2) is 83.3 Å². The number of phenols is 1. The zero-order valence-electron chi connectivity index (χ0n) is 21.1. The zero-order valence-corrected chi connectivity index (χ0v) is 21.1. The number of carbonyl (C=O) groups excluding carboxylic acids is 3. The Hall–Kier alpha value is -4.92. The number of ether oxygens (including phenoxy) is 3. The van der Waals surface area contributed by atoms with E-state index in [0.29, 0.717) is 5.75 Å². The van der Waals surface area contributed by atoms with Crippen molar-refractivity contribution in [3.63, 3.8) is 0 Å². The molecular formula is C27H22O14. The lowest BCUT2D eigenvalue weighted by molar-refractivity contribution is -0.200. The van der Waals surface area contributed by atoms with Crippen molar-refractivity contribution in [2.24, 2.45) is 0 Å². The van der Waals surface area contributed by atoms with Gasteiger partial charge in [-0.05, 0) is 36.4 Å². The van der Waals surface area contributed by atoms with E-state index in [1.165, 1.54) is 31.4 Å². The van der Waals surface area contributed by atoms with Gasteiger partial charge in [0.05, 0.1) is 18.2 Å².